The van der Waals surface area contributed by atoms with Crippen LogP contribution in [0, 0.1) is 5.41 Å². The van der Waals surface area contributed by atoms with Crippen LogP contribution in [0.25, 0.3) is 0 Å². The molecule has 1 rings (SSSR count). The van der Waals surface area contributed by atoms with Crippen molar-refractivity contribution in [2.45, 2.75) is 39.7 Å². The van der Waals surface area contributed by atoms with Gasteiger partial charge in [0.15, 0.2) is 0 Å². The molecule has 0 aromatic carbocycles. The average Bonchev–Trinajstić information content (AvgIpc) is 2.98. The van der Waals surface area contributed by atoms with Crippen LogP contribution in [-0.2, 0) is 4.74 Å². The second-order valence-corrected chi connectivity index (χ2v) is 5.75. The topological polar surface area (TPSA) is 24.5 Å². The molecule has 0 aliphatic heterocycles. The fourth-order valence-electron chi connectivity index (χ4n) is 1.94. The standard InChI is InChI=1S/C13H28N2O/c1-5-16-9-8-15(4)11-13(2,3)10-14-12-6-7-12/h12,14H,5-11H2,1-4H3. The van der Waals surface area contributed by atoms with E-state index in [4.69, 9.17) is 4.74 Å². The SMILES string of the molecule is CCOCCN(C)CC(C)(C)CNC1CC1. The predicted octanol–water partition coefficient (Wildman–Crippen LogP) is 1.73. The smallest absolute Gasteiger partial charge is 0.0593 e. The van der Waals surface area contributed by atoms with E-state index in [0.29, 0.717) is 5.41 Å². The van der Waals surface area contributed by atoms with Crippen molar-refractivity contribution in [3.8, 4) is 0 Å². The number of hydrogen-bond acceptors (Lipinski definition) is 3. The first-order chi connectivity index (χ1) is 7.53. The molecule has 0 heterocycles. The molecule has 16 heavy (non-hydrogen) atoms. The van der Waals surface area contributed by atoms with Crippen molar-refractivity contribution >= 4 is 0 Å². The largest absolute Gasteiger partial charge is 0.380 e. The zero-order chi connectivity index (χ0) is 12.0. The maximum Gasteiger partial charge on any atom is 0.0593 e. The number of hydrogen-bond donors (Lipinski definition) is 1. The molecule has 0 unspecified atom stereocenters. The molecule has 3 heteroatoms. The second kappa shape index (κ2) is 6.58. The minimum Gasteiger partial charge on any atom is -0.380 e. The molecular weight excluding hydrogens is 200 g/mol. The Bertz CT molecular complexity index is 190. The molecule has 0 saturated heterocycles. The summed E-state index contributed by atoms with van der Waals surface area (Å²) in [4.78, 5) is 2.37. The Morgan fingerprint density at radius 2 is 2.06 bits per heavy atom. The number of rotatable bonds is 9. The maximum atomic E-state index is 5.37. The third kappa shape index (κ3) is 6.46. The van der Waals surface area contributed by atoms with Crippen LogP contribution in [0.2, 0.25) is 0 Å². The zero-order valence-corrected chi connectivity index (χ0v) is 11.4. The van der Waals surface area contributed by atoms with Crippen molar-refractivity contribution in [3.63, 3.8) is 0 Å². The number of nitrogens with one attached hydrogen (secondary N) is 1. The zero-order valence-electron chi connectivity index (χ0n) is 11.4. The lowest BCUT2D eigenvalue weighted by molar-refractivity contribution is 0.107. The van der Waals surface area contributed by atoms with E-state index in [1.165, 1.54) is 12.8 Å². The van der Waals surface area contributed by atoms with E-state index in [-0.39, 0.29) is 0 Å². The van der Waals surface area contributed by atoms with Gasteiger partial charge in [-0.25, -0.2) is 0 Å². The Labute approximate surface area is 101 Å². The molecule has 96 valence electrons. The van der Waals surface area contributed by atoms with Crippen molar-refractivity contribution in [2.75, 3.05) is 39.9 Å². The van der Waals surface area contributed by atoms with Gasteiger partial charge in [-0.15, -0.1) is 0 Å². The van der Waals surface area contributed by atoms with Crippen LogP contribution in [-0.4, -0.2) is 50.8 Å². The Balaban J connectivity index is 2.10. The summed E-state index contributed by atoms with van der Waals surface area (Å²) < 4.78 is 5.37. The van der Waals surface area contributed by atoms with Crippen molar-refractivity contribution in [3.05, 3.63) is 0 Å². The normalized spacial score (nSPS) is 17.1. The Morgan fingerprint density at radius 1 is 1.38 bits per heavy atom. The molecule has 0 bridgehead atoms. The summed E-state index contributed by atoms with van der Waals surface area (Å²) in [5.41, 5.74) is 0.351. The Morgan fingerprint density at radius 3 is 2.62 bits per heavy atom. The fourth-order valence-corrected chi connectivity index (χ4v) is 1.94. The lowest BCUT2D eigenvalue weighted by atomic mass is 9.93. The number of likely N-dealkylation sites (N-methyl/N-ethyl adjacent to an activating group) is 1. The highest BCUT2D eigenvalue weighted by atomic mass is 16.5. The molecule has 0 aromatic heterocycles. The molecule has 0 radical (unpaired) electrons. The van der Waals surface area contributed by atoms with E-state index in [0.717, 1.165) is 38.9 Å². The highest BCUT2D eigenvalue weighted by Crippen LogP contribution is 2.22. The van der Waals surface area contributed by atoms with Crippen molar-refractivity contribution in [2.24, 2.45) is 5.41 Å². The van der Waals surface area contributed by atoms with Crippen LogP contribution >= 0.6 is 0 Å². The number of nitrogens with zero attached hydrogens (tertiary/aromatic N) is 1. The summed E-state index contributed by atoms with van der Waals surface area (Å²) in [5.74, 6) is 0. The van der Waals surface area contributed by atoms with Gasteiger partial charge in [0.2, 0.25) is 0 Å². The van der Waals surface area contributed by atoms with Crippen molar-refractivity contribution in [1.82, 2.24) is 10.2 Å². The Hall–Kier alpha value is -0.120. The van der Waals surface area contributed by atoms with E-state index < -0.39 is 0 Å². The second-order valence-electron chi connectivity index (χ2n) is 5.75. The number of ether oxygens (including phenoxy) is 1. The van der Waals surface area contributed by atoms with Gasteiger partial charge in [0.25, 0.3) is 0 Å². The molecule has 0 amide bonds. The summed E-state index contributed by atoms with van der Waals surface area (Å²) in [6.07, 6.45) is 2.74. The first-order valence-corrected chi connectivity index (χ1v) is 6.53. The van der Waals surface area contributed by atoms with E-state index >= 15 is 0 Å². The maximum absolute atomic E-state index is 5.37. The molecule has 1 N–H and O–H groups in total. The highest BCUT2D eigenvalue weighted by Gasteiger charge is 2.25. The van der Waals surface area contributed by atoms with Crippen LogP contribution in [0.15, 0.2) is 0 Å². The summed E-state index contributed by atoms with van der Waals surface area (Å²) in [5, 5.41) is 3.61. The van der Waals surface area contributed by atoms with Gasteiger partial charge >= 0.3 is 0 Å². The van der Waals surface area contributed by atoms with Crippen LogP contribution in [0.5, 0.6) is 0 Å². The van der Waals surface area contributed by atoms with Gasteiger partial charge in [-0.3, -0.25) is 0 Å². The van der Waals surface area contributed by atoms with Gasteiger partial charge in [0.05, 0.1) is 6.61 Å². The van der Waals surface area contributed by atoms with Gasteiger partial charge < -0.3 is 15.0 Å². The highest BCUT2D eigenvalue weighted by molar-refractivity contribution is 4.84. The van der Waals surface area contributed by atoms with E-state index in [2.05, 4.69) is 31.1 Å². The third-order valence-electron chi connectivity index (χ3n) is 2.97. The molecule has 0 aromatic rings. The minimum absolute atomic E-state index is 0.351. The average molecular weight is 228 g/mol. The lowest BCUT2D eigenvalue weighted by Crippen LogP contribution is -2.40. The summed E-state index contributed by atoms with van der Waals surface area (Å²) in [6, 6.07) is 0.813. The van der Waals surface area contributed by atoms with Gasteiger partial charge in [-0.05, 0) is 32.2 Å². The van der Waals surface area contributed by atoms with Gasteiger partial charge in [0, 0.05) is 32.3 Å². The van der Waals surface area contributed by atoms with Crippen LogP contribution in [0.4, 0.5) is 0 Å². The first-order valence-electron chi connectivity index (χ1n) is 6.53. The third-order valence-corrected chi connectivity index (χ3v) is 2.97. The van der Waals surface area contributed by atoms with E-state index in [1.54, 1.807) is 0 Å². The van der Waals surface area contributed by atoms with E-state index in [9.17, 15) is 0 Å². The molecule has 1 fully saturated rings. The summed E-state index contributed by atoms with van der Waals surface area (Å²) >= 11 is 0. The van der Waals surface area contributed by atoms with Gasteiger partial charge in [-0.1, -0.05) is 13.8 Å². The van der Waals surface area contributed by atoms with Crippen LogP contribution < -0.4 is 5.32 Å². The molecule has 1 aliphatic rings. The molecule has 1 aliphatic carbocycles. The van der Waals surface area contributed by atoms with Crippen molar-refractivity contribution in [1.29, 1.82) is 0 Å². The quantitative estimate of drug-likeness (QED) is 0.608. The summed E-state index contributed by atoms with van der Waals surface area (Å²) in [7, 11) is 2.18. The Kier molecular flexibility index (Phi) is 5.73. The van der Waals surface area contributed by atoms with E-state index in [1.807, 2.05) is 6.92 Å². The summed E-state index contributed by atoms with van der Waals surface area (Å²) in [6.45, 7) is 11.7. The molecular formula is C13H28N2O. The minimum atomic E-state index is 0.351. The van der Waals surface area contributed by atoms with Crippen LogP contribution in [0.1, 0.15) is 33.6 Å². The monoisotopic (exact) mass is 228 g/mol. The molecule has 0 spiro atoms. The fraction of sp³-hybridized carbons (Fsp3) is 1.00. The molecule has 1 saturated carbocycles. The van der Waals surface area contributed by atoms with Crippen LogP contribution in [0.3, 0.4) is 0 Å². The lowest BCUT2D eigenvalue weighted by Gasteiger charge is -2.30. The van der Waals surface area contributed by atoms with Gasteiger partial charge in [0.1, 0.15) is 0 Å². The predicted molar refractivity (Wildman–Crippen MR) is 68.8 cm³/mol. The molecule has 3 nitrogen and oxygen atoms in total. The molecule has 0 atom stereocenters. The van der Waals surface area contributed by atoms with Crippen molar-refractivity contribution < 1.29 is 4.74 Å². The first kappa shape index (κ1) is 13.9. The van der Waals surface area contributed by atoms with Gasteiger partial charge in [-0.2, -0.15) is 0 Å².